The second-order valence-electron chi connectivity index (χ2n) is 9.26. The maximum absolute atomic E-state index is 14.0. The molecule has 0 spiro atoms. The maximum Gasteiger partial charge on any atom is 0.406 e. The van der Waals surface area contributed by atoms with Gasteiger partial charge in [0.25, 0.3) is 5.91 Å². The maximum atomic E-state index is 14.0. The summed E-state index contributed by atoms with van der Waals surface area (Å²) in [5.41, 5.74) is 2.22. The van der Waals surface area contributed by atoms with Gasteiger partial charge in [-0.25, -0.2) is 13.9 Å². The minimum Gasteiger partial charge on any atom is -0.453 e. The van der Waals surface area contributed by atoms with Gasteiger partial charge in [-0.3, -0.25) is 4.79 Å². The van der Waals surface area contributed by atoms with E-state index in [2.05, 4.69) is 15.4 Å². The molecule has 9 nitrogen and oxygen atoms in total. The van der Waals surface area contributed by atoms with Crippen LogP contribution in [0.15, 0.2) is 30.3 Å². The van der Waals surface area contributed by atoms with Gasteiger partial charge in [0.05, 0.1) is 31.1 Å². The van der Waals surface area contributed by atoms with E-state index >= 15 is 0 Å². The number of amides is 2. The van der Waals surface area contributed by atoms with Gasteiger partial charge in [-0.05, 0) is 63.8 Å². The molecular weight excluding hydrogens is 453 g/mol. The van der Waals surface area contributed by atoms with Crippen LogP contribution in [0.2, 0.25) is 0 Å². The first-order valence-corrected chi connectivity index (χ1v) is 12.2. The number of morpholine rings is 1. The van der Waals surface area contributed by atoms with Crippen LogP contribution in [0, 0.1) is 5.82 Å². The zero-order valence-electron chi connectivity index (χ0n) is 20.5. The number of rotatable bonds is 9. The number of alkyl carbamates (subject to hydrolysis) is 1. The van der Waals surface area contributed by atoms with Crippen molar-refractivity contribution >= 4 is 12.0 Å². The highest BCUT2D eigenvalue weighted by molar-refractivity contribution is 5.82. The molecule has 1 aromatic heterocycles. The summed E-state index contributed by atoms with van der Waals surface area (Å²) in [6.45, 7) is 5.44. The monoisotopic (exact) mass is 487 g/mol. The number of nitrogens with zero attached hydrogens (tertiary/aromatic N) is 3. The summed E-state index contributed by atoms with van der Waals surface area (Å²) in [6, 6.07) is 8.38. The van der Waals surface area contributed by atoms with Crippen molar-refractivity contribution in [3.63, 3.8) is 0 Å². The van der Waals surface area contributed by atoms with Crippen molar-refractivity contribution in [1.29, 1.82) is 0 Å². The minimum absolute atomic E-state index is 0.0245. The van der Waals surface area contributed by atoms with Gasteiger partial charge >= 0.3 is 6.09 Å². The van der Waals surface area contributed by atoms with Crippen LogP contribution >= 0.6 is 0 Å². The SMILES string of the molecule is COC(=O)NCCCc1cc([C@@H](C)N(C(=O)[C@H]2CN[C@@H](C)CO2)C2CC2)nn1-c1cccc(F)c1. The first kappa shape index (κ1) is 25.1. The Labute approximate surface area is 204 Å². The van der Waals surface area contributed by atoms with E-state index in [4.69, 9.17) is 9.84 Å². The summed E-state index contributed by atoms with van der Waals surface area (Å²) in [6.07, 6.45) is 2.18. The van der Waals surface area contributed by atoms with Crippen LogP contribution in [-0.4, -0.2) is 71.7 Å². The average molecular weight is 488 g/mol. The number of carbonyl (C=O) groups excluding carboxylic acids is 2. The third-order valence-electron chi connectivity index (χ3n) is 6.43. The molecule has 2 heterocycles. The zero-order chi connectivity index (χ0) is 24.9. The first-order chi connectivity index (χ1) is 16.9. The van der Waals surface area contributed by atoms with E-state index < -0.39 is 12.2 Å². The Morgan fingerprint density at radius 3 is 2.83 bits per heavy atom. The fourth-order valence-corrected chi connectivity index (χ4v) is 4.38. The van der Waals surface area contributed by atoms with Crippen molar-refractivity contribution in [3.8, 4) is 5.69 Å². The van der Waals surface area contributed by atoms with Gasteiger partial charge in [-0.1, -0.05) is 6.07 Å². The molecule has 1 aliphatic carbocycles. The van der Waals surface area contributed by atoms with Crippen molar-refractivity contribution in [2.45, 2.75) is 63.8 Å². The van der Waals surface area contributed by atoms with Crippen molar-refractivity contribution in [1.82, 2.24) is 25.3 Å². The number of ether oxygens (including phenoxy) is 2. The fraction of sp³-hybridized carbons (Fsp3) is 0.560. The molecule has 190 valence electrons. The van der Waals surface area contributed by atoms with Crippen molar-refractivity contribution < 1.29 is 23.5 Å². The predicted octanol–water partition coefficient (Wildman–Crippen LogP) is 2.73. The second-order valence-corrected chi connectivity index (χ2v) is 9.26. The topological polar surface area (TPSA) is 97.7 Å². The van der Waals surface area contributed by atoms with Gasteiger partial charge in [0.1, 0.15) is 11.9 Å². The van der Waals surface area contributed by atoms with E-state index in [1.165, 1.54) is 19.2 Å². The first-order valence-electron chi connectivity index (χ1n) is 12.2. The van der Waals surface area contributed by atoms with Gasteiger partial charge in [0, 0.05) is 30.9 Å². The Bertz CT molecular complexity index is 1030. The second kappa shape index (κ2) is 11.2. The van der Waals surface area contributed by atoms with Crippen LogP contribution < -0.4 is 10.6 Å². The number of benzene rings is 1. The van der Waals surface area contributed by atoms with Crippen LogP contribution in [0.5, 0.6) is 0 Å². The molecule has 0 bridgehead atoms. The Morgan fingerprint density at radius 1 is 1.37 bits per heavy atom. The highest BCUT2D eigenvalue weighted by Crippen LogP contribution is 2.35. The normalized spacial score (nSPS) is 20.8. The molecule has 10 heteroatoms. The number of aryl methyl sites for hydroxylation is 1. The molecule has 1 aliphatic heterocycles. The lowest BCUT2D eigenvalue weighted by molar-refractivity contribution is -0.149. The molecule has 2 N–H and O–H groups in total. The van der Waals surface area contributed by atoms with Gasteiger partial charge in [-0.15, -0.1) is 0 Å². The minimum atomic E-state index is -0.511. The third-order valence-corrected chi connectivity index (χ3v) is 6.43. The van der Waals surface area contributed by atoms with E-state index in [0.717, 1.165) is 24.2 Å². The van der Waals surface area contributed by atoms with Crippen molar-refractivity contribution in [2.24, 2.45) is 0 Å². The number of halogens is 1. The Kier molecular flexibility index (Phi) is 8.02. The third kappa shape index (κ3) is 6.18. The molecule has 4 rings (SSSR count). The summed E-state index contributed by atoms with van der Waals surface area (Å²) in [4.78, 5) is 26.7. The molecule has 35 heavy (non-hydrogen) atoms. The molecule has 2 amide bonds. The van der Waals surface area contributed by atoms with Gasteiger partial charge < -0.3 is 25.0 Å². The molecule has 1 aromatic carbocycles. The van der Waals surface area contributed by atoms with Crippen molar-refractivity contribution in [2.75, 3.05) is 26.8 Å². The van der Waals surface area contributed by atoms with Crippen LogP contribution in [-0.2, 0) is 20.7 Å². The van der Waals surface area contributed by atoms with Gasteiger partial charge in [0.2, 0.25) is 0 Å². The number of methoxy groups -OCH3 is 1. The van der Waals surface area contributed by atoms with Crippen LogP contribution in [0.3, 0.4) is 0 Å². The van der Waals surface area contributed by atoms with Gasteiger partial charge in [0.15, 0.2) is 0 Å². The standard InChI is InChI=1S/C25H34FN5O4/c1-16-15-35-23(14-28-16)24(32)30(19-9-10-19)17(2)22-13-21(8-5-11-27-25(33)34-3)31(29-22)20-7-4-6-18(26)12-20/h4,6-7,12-13,16-17,19,23,28H,5,8-11,14-15H2,1-3H3,(H,27,33)/t16-,17+,23+/m0/s1. The number of hydrogen-bond donors (Lipinski definition) is 2. The summed E-state index contributed by atoms with van der Waals surface area (Å²) >= 11 is 0. The highest BCUT2D eigenvalue weighted by Gasteiger charge is 2.41. The largest absolute Gasteiger partial charge is 0.453 e. The van der Waals surface area contributed by atoms with Crippen LogP contribution in [0.25, 0.3) is 5.69 Å². The summed E-state index contributed by atoms with van der Waals surface area (Å²) in [7, 11) is 1.32. The molecular formula is C25H34FN5O4. The smallest absolute Gasteiger partial charge is 0.406 e. The van der Waals surface area contributed by atoms with E-state index in [-0.39, 0.29) is 29.8 Å². The lowest BCUT2D eigenvalue weighted by Crippen LogP contribution is -2.53. The zero-order valence-corrected chi connectivity index (χ0v) is 20.5. The summed E-state index contributed by atoms with van der Waals surface area (Å²) in [5, 5.41) is 10.8. The number of aromatic nitrogens is 2. The highest BCUT2D eigenvalue weighted by atomic mass is 19.1. The number of hydrogen-bond acceptors (Lipinski definition) is 6. The molecule has 3 atom stereocenters. The molecule has 0 radical (unpaired) electrons. The van der Waals surface area contributed by atoms with Crippen LogP contribution in [0.1, 0.15) is 50.5 Å². The lowest BCUT2D eigenvalue weighted by Gasteiger charge is -2.34. The summed E-state index contributed by atoms with van der Waals surface area (Å²) < 4.78 is 26.2. The summed E-state index contributed by atoms with van der Waals surface area (Å²) in [5.74, 6) is -0.375. The lowest BCUT2D eigenvalue weighted by atomic mass is 10.1. The Hall–Kier alpha value is -2.98. The molecule has 2 aromatic rings. The Balaban J connectivity index is 1.56. The Morgan fingerprint density at radius 2 is 2.17 bits per heavy atom. The molecule has 1 saturated heterocycles. The van der Waals surface area contributed by atoms with E-state index in [0.29, 0.717) is 38.2 Å². The van der Waals surface area contributed by atoms with Gasteiger partial charge in [-0.2, -0.15) is 5.10 Å². The number of carbonyl (C=O) groups is 2. The van der Waals surface area contributed by atoms with Crippen LogP contribution in [0.4, 0.5) is 9.18 Å². The number of nitrogens with one attached hydrogen (secondary N) is 2. The predicted molar refractivity (Wildman–Crippen MR) is 128 cm³/mol. The average Bonchev–Trinajstić information content (AvgIpc) is 3.59. The molecule has 2 fully saturated rings. The van der Waals surface area contributed by atoms with E-state index in [9.17, 15) is 14.0 Å². The van der Waals surface area contributed by atoms with E-state index in [1.807, 2.05) is 24.8 Å². The quantitative estimate of drug-likeness (QED) is 0.528. The molecule has 1 saturated carbocycles. The molecule has 0 unspecified atom stereocenters. The van der Waals surface area contributed by atoms with Crippen molar-refractivity contribution in [3.05, 3.63) is 47.5 Å². The molecule has 2 aliphatic rings. The van der Waals surface area contributed by atoms with E-state index in [1.54, 1.807) is 16.8 Å². The fourth-order valence-electron chi connectivity index (χ4n) is 4.38.